The maximum atomic E-state index is 13.2. The number of nitrogens with zero attached hydrogens (tertiary/aromatic N) is 2. The van der Waals surface area contributed by atoms with Crippen molar-refractivity contribution in [1.82, 2.24) is 9.55 Å². The van der Waals surface area contributed by atoms with Gasteiger partial charge < -0.3 is 4.74 Å². The predicted octanol–water partition coefficient (Wildman–Crippen LogP) is 5.59. The molecule has 1 aliphatic rings. The minimum atomic E-state index is 0.0557. The standard InChI is InChI=1S/C24H26N2O2S/c1-28-20-11-7-10-19(16-20)17-29-24-25-22-13-6-5-12-21(22)23(27)26(24)15-14-18-8-3-2-4-9-18/h5-8,10-13,16H,2-4,9,14-15,17H2,1H3. The Morgan fingerprint density at radius 2 is 2.03 bits per heavy atom. The van der Waals surface area contributed by atoms with Gasteiger partial charge in [0, 0.05) is 12.3 Å². The monoisotopic (exact) mass is 406 g/mol. The van der Waals surface area contributed by atoms with E-state index >= 15 is 0 Å². The van der Waals surface area contributed by atoms with Gasteiger partial charge in [-0.05, 0) is 61.9 Å². The number of rotatable bonds is 7. The zero-order chi connectivity index (χ0) is 20.1. The fraction of sp³-hybridized carbons (Fsp3) is 0.333. The number of hydrogen-bond donors (Lipinski definition) is 0. The Balaban J connectivity index is 1.63. The quantitative estimate of drug-likeness (QED) is 0.291. The van der Waals surface area contributed by atoms with E-state index in [1.807, 2.05) is 47.0 Å². The molecule has 0 saturated carbocycles. The molecule has 29 heavy (non-hydrogen) atoms. The molecule has 1 aliphatic carbocycles. The number of benzene rings is 2. The molecule has 2 aromatic carbocycles. The van der Waals surface area contributed by atoms with Gasteiger partial charge >= 0.3 is 0 Å². The molecule has 0 radical (unpaired) electrons. The van der Waals surface area contributed by atoms with Crippen molar-refractivity contribution in [1.29, 1.82) is 0 Å². The Labute approximate surface area is 175 Å². The maximum absolute atomic E-state index is 13.2. The smallest absolute Gasteiger partial charge is 0.262 e. The molecule has 150 valence electrons. The van der Waals surface area contributed by atoms with Crippen LogP contribution in [0.25, 0.3) is 10.9 Å². The van der Waals surface area contributed by atoms with Crippen molar-refractivity contribution in [3.63, 3.8) is 0 Å². The second kappa shape index (κ2) is 9.31. The van der Waals surface area contributed by atoms with Crippen molar-refractivity contribution >= 4 is 22.7 Å². The summed E-state index contributed by atoms with van der Waals surface area (Å²) in [5.41, 5.74) is 3.44. The molecule has 0 unspecified atom stereocenters. The molecule has 0 fully saturated rings. The van der Waals surface area contributed by atoms with Gasteiger partial charge in [0.15, 0.2) is 5.16 Å². The number of methoxy groups -OCH3 is 1. The van der Waals surface area contributed by atoms with Crippen molar-refractivity contribution in [2.24, 2.45) is 0 Å². The number of thioether (sulfide) groups is 1. The predicted molar refractivity (Wildman–Crippen MR) is 120 cm³/mol. The zero-order valence-electron chi connectivity index (χ0n) is 16.8. The number of para-hydroxylation sites is 1. The lowest BCUT2D eigenvalue weighted by molar-refractivity contribution is 0.414. The lowest BCUT2D eigenvalue weighted by atomic mass is 9.97. The second-order valence-electron chi connectivity index (χ2n) is 7.37. The Morgan fingerprint density at radius 3 is 2.86 bits per heavy atom. The molecule has 4 nitrogen and oxygen atoms in total. The van der Waals surface area contributed by atoms with Crippen LogP contribution < -0.4 is 10.3 Å². The summed E-state index contributed by atoms with van der Waals surface area (Å²) >= 11 is 1.61. The molecule has 3 aromatic rings. The highest BCUT2D eigenvalue weighted by Gasteiger charge is 2.13. The summed E-state index contributed by atoms with van der Waals surface area (Å²) in [7, 11) is 1.68. The van der Waals surface area contributed by atoms with Crippen molar-refractivity contribution < 1.29 is 4.74 Å². The Morgan fingerprint density at radius 1 is 1.14 bits per heavy atom. The molecule has 0 amide bonds. The highest BCUT2D eigenvalue weighted by Crippen LogP contribution is 2.26. The van der Waals surface area contributed by atoms with E-state index in [0.29, 0.717) is 11.9 Å². The molecule has 1 aromatic heterocycles. The fourth-order valence-corrected chi connectivity index (χ4v) is 4.72. The number of allylic oxidation sites excluding steroid dienone is 2. The number of hydrogen-bond acceptors (Lipinski definition) is 4. The second-order valence-corrected chi connectivity index (χ2v) is 8.31. The first kappa shape index (κ1) is 19.8. The highest BCUT2D eigenvalue weighted by atomic mass is 32.2. The van der Waals surface area contributed by atoms with Crippen LogP contribution in [0.4, 0.5) is 0 Å². The van der Waals surface area contributed by atoms with Crippen molar-refractivity contribution in [2.75, 3.05) is 7.11 Å². The van der Waals surface area contributed by atoms with Gasteiger partial charge in [-0.1, -0.05) is 47.7 Å². The first-order valence-corrected chi connectivity index (χ1v) is 11.2. The van der Waals surface area contributed by atoms with E-state index in [4.69, 9.17) is 9.72 Å². The molecule has 0 saturated heterocycles. The molecule has 0 bridgehead atoms. The average molecular weight is 407 g/mol. The fourth-order valence-electron chi connectivity index (χ4n) is 3.75. The zero-order valence-corrected chi connectivity index (χ0v) is 17.6. The van der Waals surface area contributed by atoms with E-state index in [1.54, 1.807) is 18.9 Å². The Bertz CT molecular complexity index is 1090. The summed E-state index contributed by atoms with van der Waals surface area (Å²) in [6.45, 7) is 0.683. The van der Waals surface area contributed by atoms with Crippen LogP contribution in [0, 0.1) is 0 Å². The number of aromatic nitrogens is 2. The van der Waals surface area contributed by atoms with Crippen molar-refractivity contribution in [3.05, 3.63) is 76.1 Å². The van der Waals surface area contributed by atoms with E-state index in [9.17, 15) is 4.79 Å². The van der Waals surface area contributed by atoms with E-state index in [-0.39, 0.29) is 5.56 Å². The van der Waals surface area contributed by atoms with Gasteiger partial charge in [-0.2, -0.15) is 0 Å². The summed E-state index contributed by atoms with van der Waals surface area (Å²) in [6, 6.07) is 15.7. The SMILES string of the molecule is COc1cccc(CSc2nc3ccccc3c(=O)n2CCC2=CCCCC2)c1. The van der Waals surface area contributed by atoms with Gasteiger partial charge in [-0.3, -0.25) is 9.36 Å². The largest absolute Gasteiger partial charge is 0.497 e. The van der Waals surface area contributed by atoms with Gasteiger partial charge in [0.05, 0.1) is 18.0 Å². The van der Waals surface area contributed by atoms with Gasteiger partial charge in [0.25, 0.3) is 5.56 Å². The average Bonchev–Trinajstić information content (AvgIpc) is 2.78. The summed E-state index contributed by atoms with van der Waals surface area (Å²) < 4.78 is 7.19. The van der Waals surface area contributed by atoms with Crippen molar-refractivity contribution in [3.8, 4) is 5.75 Å². The third kappa shape index (κ3) is 4.73. The molecule has 4 rings (SSSR count). The van der Waals surface area contributed by atoms with Crippen LogP contribution in [0.2, 0.25) is 0 Å². The van der Waals surface area contributed by atoms with Crippen LogP contribution in [0.5, 0.6) is 5.75 Å². The molecule has 0 aliphatic heterocycles. The first-order valence-electron chi connectivity index (χ1n) is 10.2. The summed E-state index contributed by atoms with van der Waals surface area (Å²) in [5, 5.41) is 1.48. The molecule has 5 heteroatoms. The lowest BCUT2D eigenvalue weighted by Gasteiger charge is -2.16. The van der Waals surface area contributed by atoms with Gasteiger partial charge in [0.2, 0.25) is 0 Å². The normalized spacial score (nSPS) is 14.0. The first-order chi connectivity index (χ1) is 14.2. The van der Waals surface area contributed by atoms with Gasteiger partial charge in [0.1, 0.15) is 5.75 Å². The topological polar surface area (TPSA) is 44.1 Å². The van der Waals surface area contributed by atoms with Gasteiger partial charge in [-0.25, -0.2) is 4.98 Å². The summed E-state index contributed by atoms with van der Waals surface area (Å²) in [6.07, 6.45) is 8.13. The molecule has 0 N–H and O–H groups in total. The van der Waals surface area contributed by atoms with E-state index in [2.05, 4.69) is 12.1 Å². The van der Waals surface area contributed by atoms with Crippen LogP contribution >= 0.6 is 11.8 Å². The number of fused-ring (bicyclic) bond motifs is 1. The van der Waals surface area contributed by atoms with Crippen LogP contribution in [-0.4, -0.2) is 16.7 Å². The molecular formula is C24H26N2O2S. The van der Waals surface area contributed by atoms with Crippen LogP contribution in [0.1, 0.15) is 37.7 Å². The van der Waals surface area contributed by atoms with E-state index in [1.165, 1.54) is 18.4 Å². The molecule has 0 atom stereocenters. The molecule has 1 heterocycles. The number of ether oxygens (including phenoxy) is 1. The third-order valence-corrected chi connectivity index (χ3v) is 6.42. The van der Waals surface area contributed by atoms with Crippen molar-refractivity contribution in [2.45, 2.75) is 49.6 Å². The Kier molecular flexibility index (Phi) is 6.35. The van der Waals surface area contributed by atoms with E-state index in [0.717, 1.165) is 47.0 Å². The maximum Gasteiger partial charge on any atom is 0.262 e. The summed E-state index contributed by atoms with van der Waals surface area (Å²) in [4.78, 5) is 18.0. The Hall–Kier alpha value is -2.53. The third-order valence-electron chi connectivity index (χ3n) is 5.37. The lowest BCUT2D eigenvalue weighted by Crippen LogP contribution is -2.24. The highest BCUT2D eigenvalue weighted by molar-refractivity contribution is 7.98. The van der Waals surface area contributed by atoms with E-state index < -0.39 is 0 Å². The summed E-state index contributed by atoms with van der Waals surface area (Å²) in [5.74, 6) is 1.58. The van der Waals surface area contributed by atoms with Crippen LogP contribution in [0.3, 0.4) is 0 Å². The van der Waals surface area contributed by atoms with Crippen LogP contribution in [0.15, 0.2) is 70.1 Å². The van der Waals surface area contributed by atoms with Gasteiger partial charge in [-0.15, -0.1) is 0 Å². The molecular weight excluding hydrogens is 380 g/mol. The minimum absolute atomic E-state index is 0.0557. The van der Waals surface area contributed by atoms with Crippen LogP contribution in [-0.2, 0) is 12.3 Å². The minimum Gasteiger partial charge on any atom is -0.497 e. The molecule has 0 spiro atoms.